The SMILES string of the molecule is CCC(C)C1CN(CC2CC2(C)C)CCCN1. The molecule has 1 aliphatic carbocycles. The molecule has 1 heterocycles. The van der Waals surface area contributed by atoms with E-state index in [-0.39, 0.29) is 0 Å². The molecule has 0 bridgehead atoms. The van der Waals surface area contributed by atoms with Crippen molar-refractivity contribution >= 4 is 0 Å². The minimum absolute atomic E-state index is 0.631. The third kappa shape index (κ3) is 3.45. The van der Waals surface area contributed by atoms with Gasteiger partial charge in [-0.25, -0.2) is 0 Å². The largest absolute Gasteiger partial charge is 0.312 e. The van der Waals surface area contributed by atoms with Crippen LogP contribution in [0.1, 0.15) is 47.0 Å². The molecule has 100 valence electrons. The van der Waals surface area contributed by atoms with E-state index in [1.54, 1.807) is 0 Å². The molecule has 2 fully saturated rings. The average molecular weight is 238 g/mol. The second-order valence-corrected chi connectivity index (χ2v) is 6.95. The van der Waals surface area contributed by atoms with Gasteiger partial charge in [-0.1, -0.05) is 34.1 Å². The van der Waals surface area contributed by atoms with Gasteiger partial charge in [0.05, 0.1) is 0 Å². The van der Waals surface area contributed by atoms with Crippen LogP contribution >= 0.6 is 0 Å². The van der Waals surface area contributed by atoms with Gasteiger partial charge in [-0.15, -0.1) is 0 Å². The van der Waals surface area contributed by atoms with Crippen LogP contribution < -0.4 is 5.32 Å². The molecule has 0 aromatic carbocycles. The van der Waals surface area contributed by atoms with Crippen LogP contribution in [-0.2, 0) is 0 Å². The Labute approximate surface area is 107 Å². The lowest BCUT2D eigenvalue weighted by Crippen LogP contribution is -2.42. The van der Waals surface area contributed by atoms with Gasteiger partial charge in [0.25, 0.3) is 0 Å². The van der Waals surface area contributed by atoms with Gasteiger partial charge in [0.15, 0.2) is 0 Å². The zero-order valence-corrected chi connectivity index (χ0v) is 12.1. The van der Waals surface area contributed by atoms with E-state index in [1.165, 1.54) is 45.4 Å². The van der Waals surface area contributed by atoms with Crippen LogP contribution in [0.3, 0.4) is 0 Å². The first-order chi connectivity index (χ1) is 8.03. The lowest BCUT2D eigenvalue weighted by atomic mass is 9.99. The summed E-state index contributed by atoms with van der Waals surface area (Å²) in [7, 11) is 0. The minimum atomic E-state index is 0.631. The highest BCUT2D eigenvalue weighted by atomic mass is 15.2. The van der Waals surface area contributed by atoms with Crippen molar-refractivity contribution < 1.29 is 0 Å². The third-order valence-corrected chi connectivity index (χ3v) is 5.04. The molecule has 0 amide bonds. The minimum Gasteiger partial charge on any atom is -0.312 e. The predicted octanol–water partition coefficient (Wildman–Crippen LogP) is 2.74. The molecule has 1 saturated heterocycles. The van der Waals surface area contributed by atoms with E-state index in [1.807, 2.05) is 0 Å². The zero-order chi connectivity index (χ0) is 12.5. The molecule has 0 aromatic heterocycles. The van der Waals surface area contributed by atoms with E-state index < -0.39 is 0 Å². The lowest BCUT2D eigenvalue weighted by molar-refractivity contribution is 0.222. The van der Waals surface area contributed by atoms with Crippen molar-refractivity contribution in [3.8, 4) is 0 Å². The topological polar surface area (TPSA) is 15.3 Å². The molecule has 2 aliphatic rings. The van der Waals surface area contributed by atoms with E-state index in [0.29, 0.717) is 11.5 Å². The van der Waals surface area contributed by atoms with Crippen molar-refractivity contribution in [1.82, 2.24) is 10.2 Å². The van der Waals surface area contributed by atoms with Crippen LogP contribution in [0.2, 0.25) is 0 Å². The fourth-order valence-electron chi connectivity index (χ4n) is 3.06. The molecule has 0 spiro atoms. The standard InChI is InChI=1S/C15H30N2/c1-5-12(2)14-11-17(8-6-7-16-14)10-13-9-15(13,3)4/h12-14,16H,5-11H2,1-4H3. The summed E-state index contributed by atoms with van der Waals surface area (Å²) in [6.45, 7) is 14.6. The van der Waals surface area contributed by atoms with Gasteiger partial charge in [-0.3, -0.25) is 0 Å². The summed E-state index contributed by atoms with van der Waals surface area (Å²) in [5.74, 6) is 1.76. The van der Waals surface area contributed by atoms with Crippen molar-refractivity contribution in [2.75, 3.05) is 26.2 Å². The molecular weight excluding hydrogens is 208 g/mol. The molecule has 1 N–H and O–H groups in total. The summed E-state index contributed by atoms with van der Waals surface area (Å²) in [5.41, 5.74) is 0.631. The molecule has 3 unspecified atom stereocenters. The Morgan fingerprint density at radius 1 is 1.41 bits per heavy atom. The number of hydrogen-bond acceptors (Lipinski definition) is 2. The Kier molecular flexibility index (Phi) is 4.14. The molecule has 2 heteroatoms. The van der Waals surface area contributed by atoms with Gasteiger partial charge in [0, 0.05) is 19.1 Å². The zero-order valence-electron chi connectivity index (χ0n) is 12.1. The van der Waals surface area contributed by atoms with E-state index in [4.69, 9.17) is 0 Å². The van der Waals surface area contributed by atoms with Crippen molar-refractivity contribution in [1.29, 1.82) is 0 Å². The normalized spacial score (nSPS) is 35.3. The molecule has 1 saturated carbocycles. The molecule has 0 aromatic rings. The van der Waals surface area contributed by atoms with Gasteiger partial charge in [-0.05, 0) is 43.2 Å². The number of nitrogens with zero attached hydrogens (tertiary/aromatic N) is 1. The summed E-state index contributed by atoms with van der Waals surface area (Å²) in [4.78, 5) is 2.72. The summed E-state index contributed by atoms with van der Waals surface area (Å²) >= 11 is 0. The van der Waals surface area contributed by atoms with Gasteiger partial charge in [-0.2, -0.15) is 0 Å². The highest BCUT2D eigenvalue weighted by Gasteiger charge is 2.46. The Bertz CT molecular complexity index is 249. The van der Waals surface area contributed by atoms with E-state index >= 15 is 0 Å². The van der Waals surface area contributed by atoms with Gasteiger partial charge in [0.1, 0.15) is 0 Å². The maximum absolute atomic E-state index is 3.73. The van der Waals surface area contributed by atoms with Crippen LogP contribution in [-0.4, -0.2) is 37.1 Å². The Morgan fingerprint density at radius 3 is 2.71 bits per heavy atom. The highest BCUT2D eigenvalue weighted by molar-refractivity contribution is 4.97. The average Bonchev–Trinajstić information content (AvgIpc) is 2.95. The molecular formula is C15H30N2. The third-order valence-electron chi connectivity index (χ3n) is 5.04. The first-order valence-electron chi connectivity index (χ1n) is 7.48. The van der Waals surface area contributed by atoms with Crippen LogP contribution in [0.25, 0.3) is 0 Å². The van der Waals surface area contributed by atoms with Gasteiger partial charge < -0.3 is 10.2 Å². The van der Waals surface area contributed by atoms with E-state index in [0.717, 1.165) is 11.8 Å². The first kappa shape index (κ1) is 13.4. The van der Waals surface area contributed by atoms with Gasteiger partial charge in [0.2, 0.25) is 0 Å². The molecule has 1 aliphatic heterocycles. The fourth-order valence-corrected chi connectivity index (χ4v) is 3.06. The van der Waals surface area contributed by atoms with Crippen LogP contribution in [0.5, 0.6) is 0 Å². The molecule has 2 nitrogen and oxygen atoms in total. The van der Waals surface area contributed by atoms with Crippen molar-refractivity contribution in [2.24, 2.45) is 17.3 Å². The van der Waals surface area contributed by atoms with Crippen LogP contribution in [0.15, 0.2) is 0 Å². The van der Waals surface area contributed by atoms with Crippen molar-refractivity contribution in [2.45, 2.75) is 53.0 Å². The fraction of sp³-hybridized carbons (Fsp3) is 1.00. The van der Waals surface area contributed by atoms with Crippen molar-refractivity contribution in [3.63, 3.8) is 0 Å². The molecule has 17 heavy (non-hydrogen) atoms. The Morgan fingerprint density at radius 2 is 2.12 bits per heavy atom. The summed E-state index contributed by atoms with van der Waals surface area (Å²) in [5, 5.41) is 3.73. The second kappa shape index (κ2) is 5.27. The Hall–Kier alpha value is -0.0800. The second-order valence-electron chi connectivity index (χ2n) is 6.95. The molecule has 3 atom stereocenters. The van der Waals surface area contributed by atoms with E-state index in [2.05, 4.69) is 37.9 Å². The predicted molar refractivity (Wildman–Crippen MR) is 74.2 cm³/mol. The quantitative estimate of drug-likeness (QED) is 0.810. The summed E-state index contributed by atoms with van der Waals surface area (Å²) in [6.07, 6.45) is 4.05. The lowest BCUT2D eigenvalue weighted by Gasteiger charge is -2.28. The molecule has 0 radical (unpaired) electrons. The van der Waals surface area contributed by atoms with Crippen LogP contribution in [0.4, 0.5) is 0 Å². The maximum Gasteiger partial charge on any atom is 0.0220 e. The smallest absolute Gasteiger partial charge is 0.0220 e. The first-order valence-corrected chi connectivity index (χ1v) is 7.48. The van der Waals surface area contributed by atoms with E-state index in [9.17, 15) is 0 Å². The number of rotatable bonds is 4. The summed E-state index contributed by atoms with van der Waals surface area (Å²) in [6, 6.07) is 0.712. The monoisotopic (exact) mass is 238 g/mol. The Balaban J connectivity index is 1.84. The maximum atomic E-state index is 3.73. The number of nitrogens with one attached hydrogen (secondary N) is 1. The highest BCUT2D eigenvalue weighted by Crippen LogP contribution is 2.51. The molecule has 2 rings (SSSR count). The number of hydrogen-bond donors (Lipinski definition) is 1. The van der Waals surface area contributed by atoms with Crippen molar-refractivity contribution in [3.05, 3.63) is 0 Å². The summed E-state index contributed by atoms with van der Waals surface area (Å²) < 4.78 is 0. The van der Waals surface area contributed by atoms with Gasteiger partial charge >= 0.3 is 0 Å². The van der Waals surface area contributed by atoms with Crippen LogP contribution in [0, 0.1) is 17.3 Å².